The minimum Gasteiger partial charge on any atom is -0.496 e. The number of carbonyl (C=O) groups excluding carboxylic acids is 3. The Bertz CT molecular complexity index is 713. The normalized spacial score (nSPS) is 19.0. The lowest BCUT2D eigenvalue weighted by Gasteiger charge is -2.33. The van der Waals surface area contributed by atoms with Crippen molar-refractivity contribution in [3.63, 3.8) is 0 Å². The van der Waals surface area contributed by atoms with Crippen LogP contribution in [0.25, 0.3) is 0 Å². The van der Waals surface area contributed by atoms with Gasteiger partial charge in [-0.3, -0.25) is 14.4 Å². The first kappa shape index (κ1) is 22.4. The summed E-state index contributed by atoms with van der Waals surface area (Å²) in [6, 6.07) is 5.35. The van der Waals surface area contributed by atoms with Gasteiger partial charge in [-0.2, -0.15) is 0 Å². The van der Waals surface area contributed by atoms with Crippen LogP contribution in [0.3, 0.4) is 0 Å². The summed E-state index contributed by atoms with van der Waals surface area (Å²) in [6.07, 6.45) is 4.12. The van der Waals surface area contributed by atoms with E-state index in [-0.39, 0.29) is 37.2 Å². The van der Waals surface area contributed by atoms with E-state index in [4.69, 9.17) is 9.47 Å². The van der Waals surface area contributed by atoms with E-state index in [0.717, 1.165) is 30.2 Å². The molecule has 0 aromatic heterocycles. The molecule has 0 aliphatic heterocycles. The molecule has 154 valence electrons. The van der Waals surface area contributed by atoms with Gasteiger partial charge in [0, 0.05) is 24.0 Å². The van der Waals surface area contributed by atoms with Gasteiger partial charge in [-0.05, 0) is 49.8 Å². The number of rotatable bonds is 8. The van der Waals surface area contributed by atoms with Crippen molar-refractivity contribution in [2.75, 3.05) is 20.8 Å². The average Bonchev–Trinajstić information content (AvgIpc) is 2.70. The highest BCUT2D eigenvalue weighted by molar-refractivity contribution is 9.10. The van der Waals surface area contributed by atoms with Crippen molar-refractivity contribution in [1.29, 1.82) is 0 Å². The van der Waals surface area contributed by atoms with Gasteiger partial charge in [0.1, 0.15) is 5.75 Å². The van der Waals surface area contributed by atoms with Crippen molar-refractivity contribution in [2.24, 2.45) is 5.92 Å². The molecular formula is C21H28BrNO5. The zero-order chi connectivity index (χ0) is 20.7. The van der Waals surface area contributed by atoms with Gasteiger partial charge < -0.3 is 14.4 Å². The molecule has 7 heteroatoms. The molecule has 0 heterocycles. The molecule has 1 aromatic rings. The van der Waals surface area contributed by atoms with E-state index in [0.29, 0.717) is 17.2 Å². The summed E-state index contributed by atoms with van der Waals surface area (Å²) >= 11 is 3.32. The van der Waals surface area contributed by atoms with Crippen LogP contribution in [0.5, 0.6) is 5.75 Å². The predicted octanol–water partition coefficient (Wildman–Crippen LogP) is 4.00. The molecule has 0 N–H and O–H groups in total. The molecule has 0 atom stereocenters. The quantitative estimate of drug-likeness (QED) is 0.439. The van der Waals surface area contributed by atoms with Crippen LogP contribution in [0.15, 0.2) is 22.7 Å². The standard InChI is InChI=1S/C21H28BrNO5/c1-14-4-7-16(8-5-14)23(2)20(25)13-28-21(26)11-9-18(24)17-12-15(22)6-10-19(17)27-3/h6,10,12,14,16H,4-5,7-9,11,13H2,1-3H3. The lowest BCUT2D eigenvalue weighted by Crippen LogP contribution is -2.41. The lowest BCUT2D eigenvalue weighted by molar-refractivity contribution is -0.152. The smallest absolute Gasteiger partial charge is 0.306 e. The Morgan fingerprint density at radius 1 is 1.14 bits per heavy atom. The summed E-state index contributed by atoms with van der Waals surface area (Å²) in [6.45, 7) is 1.95. The summed E-state index contributed by atoms with van der Waals surface area (Å²) in [5.74, 6) is 0.197. The van der Waals surface area contributed by atoms with Crippen molar-refractivity contribution >= 4 is 33.6 Å². The Hall–Kier alpha value is -1.89. The number of benzene rings is 1. The molecule has 0 spiro atoms. The molecule has 0 bridgehead atoms. The van der Waals surface area contributed by atoms with E-state index in [1.807, 2.05) is 0 Å². The molecule has 1 aliphatic carbocycles. The highest BCUT2D eigenvalue weighted by atomic mass is 79.9. The van der Waals surface area contributed by atoms with Crippen molar-refractivity contribution < 1.29 is 23.9 Å². The second kappa shape index (κ2) is 10.6. The van der Waals surface area contributed by atoms with E-state index in [2.05, 4.69) is 22.9 Å². The van der Waals surface area contributed by atoms with Crippen molar-refractivity contribution in [1.82, 2.24) is 4.90 Å². The van der Waals surface area contributed by atoms with Gasteiger partial charge in [0.25, 0.3) is 5.91 Å². The topological polar surface area (TPSA) is 72.9 Å². The van der Waals surface area contributed by atoms with E-state index in [1.54, 1.807) is 30.1 Å². The molecule has 1 saturated carbocycles. The van der Waals surface area contributed by atoms with Gasteiger partial charge in [-0.1, -0.05) is 22.9 Å². The average molecular weight is 454 g/mol. The van der Waals surface area contributed by atoms with Crippen LogP contribution in [0, 0.1) is 5.92 Å². The molecule has 6 nitrogen and oxygen atoms in total. The van der Waals surface area contributed by atoms with Crippen LogP contribution in [-0.4, -0.2) is 49.4 Å². The van der Waals surface area contributed by atoms with E-state index >= 15 is 0 Å². The largest absolute Gasteiger partial charge is 0.496 e. The van der Waals surface area contributed by atoms with Crippen LogP contribution in [0.2, 0.25) is 0 Å². The molecule has 1 fully saturated rings. The number of methoxy groups -OCH3 is 1. The van der Waals surface area contributed by atoms with Gasteiger partial charge in [-0.25, -0.2) is 0 Å². The Balaban J connectivity index is 1.77. The molecule has 1 aliphatic rings. The van der Waals surface area contributed by atoms with Gasteiger partial charge in [0.15, 0.2) is 12.4 Å². The lowest BCUT2D eigenvalue weighted by atomic mass is 9.87. The zero-order valence-corrected chi connectivity index (χ0v) is 18.3. The number of Topliss-reactive ketones (excluding diaryl/α,β-unsaturated/α-hetero) is 1. The fourth-order valence-electron chi connectivity index (χ4n) is 3.40. The monoisotopic (exact) mass is 453 g/mol. The molecule has 0 unspecified atom stereocenters. The second-order valence-electron chi connectivity index (χ2n) is 7.35. The van der Waals surface area contributed by atoms with Gasteiger partial charge in [-0.15, -0.1) is 0 Å². The predicted molar refractivity (Wildman–Crippen MR) is 109 cm³/mol. The number of nitrogens with zero attached hydrogens (tertiary/aromatic N) is 1. The molecule has 0 radical (unpaired) electrons. The van der Waals surface area contributed by atoms with Gasteiger partial charge in [0.05, 0.1) is 19.1 Å². The Labute approximate surface area is 174 Å². The molecule has 2 rings (SSSR count). The molecular weight excluding hydrogens is 426 g/mol. The SMILES string of the molecule is COc1ccc(Br)cc1C(=O)CCC(=O)OCC(=O)N(C)C1CCC(C)CC1. The number of hydrogen-bond donors (Lipinski definition) is 0. The first-order chi connectivity index (χ1) is 13.3. The minimum atomic E-state index is -0.554. The van der Waals surface area contributed by atoms with Crippen molar-refractivity contribution in [2.45, 2.75) is 51.5 Å². The summed E-state index contributed by atoms with van der Waals surface area (Å²) in [5.41, 5.74) is 0.409. The highest BCUT2D eigenvalue weighted by Gasteiger charge is 2.25. The highest BCUT2D eigenvalue weighted by Crippen LogP contribution is 2.27. The number of ether oxygens (including phenoxy) is 2. The fraction of sp³-hybridized carbons (Fsp3) is 0.571. The second-order valence-corrected chi connectivity index (χ2v) is 8.26. The fourth-order valence-corrected chi connectivity index (χ4v) is 3.76. The number of likely N-dealkylation sites (N-methyl/N-ethyl adjacent to an activating group) is 1. The van der Waals surface area contributed by atoms with Gasteiger partial charge >= 0.3 is 5.97 Å². The third-order valence-electron chi connectivity index (χ3n) is 5.30. The third-order valence-corrected chi connectivity index (χ3v) is 5.79. The molecule has 1 amide bonds. The van der Waals surface area contributed by atoms with E-state index in [9.17, 15) is 14.4 Å². The summed E-state index contributed by atoms with van der Waals surface area (Å²) < 4.78 is 11.0. The van der Waals surface area contributed by atoms with Crippen LogP contribution < -0.4 is 4.74 Å². The van der Waals surface area contributed by atoms with Crippen LogP contribution in [0.4, 0.5) is 0 Å². The summed E-state index contributed by atoms with van der Waals surface area (Å²) in [7, 11) is 3.25. The molecule has 0 saturated heterocycles. The van der Waals surface area contributed by atoms with Gasteiger partial charge in [0.2, 0.25) is 0 Å². The maximum absolute atomic E-state index is 12.4. The van der Waals surface area contributed by atoms with Crippen LogP contribution >= 0.6 is 15.9 Å². The maximum Gasteiger partial charge on any atom is 0.306 e. The number of amides is 1. The van der Waals surface area contributed by atoms with Crippen LogP contribution in [-0.2, 0) is 14.3 Å². The summed E-state index contributed by atoms with van der Waals surface area (Å²) in [4.78, 5) is 38.3. The van der Waals surface area contributed by atoms with Crippen LogP contribution in [0.1, 0.15) is 55.8 Å². The third kappa shape index (κ3) is 6.33. The maximum atomic E-state index is 12.4. The zero-order valence-electron chi connectivity index (χ0n) is 16.7. The van der Waals surface area contributed by atoms with Crippen molar-refractivity contribution in [3.8, 4) is 5.75 Å². The van der Waals surface area contributed by atoms with E-state index < -0.39 is 5.97 Å². The minimum absolute atomic E-state index is 0.00378. The Morgan fingerprint density at radius 3 is 2.46 bits per heavy atom. The number of halogens is 1. The van der Waals surface area contributed by atoms with E-state index in [1.165, 1.54) is 7.11 Å². The molecule has 28 heavy (non-hydrogen) atoms. The summed E-state index contributed by atoms with van der Waals surface area (Å²) in [5, 5.41) is 0. The number of ketones is 1. The first-order valence-electron chi connectivity index (χ1n) is 9.59. The Kier molecular flexibility index (Phi) is 8.48. The number of hydrogen-bond acceptors (Lipinski definition) is 5. The van der Waals surface area contributed by atoms with Crippen molar-refractivity contribution in [3.05, 3.63) is 28.2 Å². The first-order valence-corrected chi connectivity index (χ1v) is 10.4. The number of carbonyl (C=O) groups is 3. The Morgan fingerprint density at radius 2 is 1.82 bits per heavy atom. The number of esters is 1. The molecule has 1 aromatic carbocycles.